The summed E-state index contributed by atoms with van der Waals surface area (Å²) < 4.78 is 26.7. The molecule has 3 atom stereocenters. The van der Waals surface area contributed by atoms with Crippen LogP contribution in [0.2, 0.25) is 0 Å². The first kappa shape index (κ1) is 13.3. The molecule has 0 aliphatic carbocycles. The second-order valence-electron chi connectivity index (χ2n) is 5.39. The van der Waals surface area contributed by atoms with E-state index in [1.807, 2.05) is 6.92 Å². The van der Waals surface area contributed by atoms with Crippen molar-refractivity contribution in [3.05, 3.63) is 0 Å². The van der Waals surface area contributed by atoms with Gasteiger partial charge in [0.15, 0.2) is 0 Å². The summed E-state index contributed by atoms with van der Waals surface area (Å²) in [6.07, 6.45) is 5.07. The van der Waals surface area contributed by atoms with Crippen LogP contribution >= 0.6 is 0 Å². The molecule has 2 saturated heterocycles. The van der Waals surface area contributed by atoms with Gasteiger partial charge in [0.05, 0.1) is 5.75 Å². The molecule has 2 aliphatic rings. The molecule has 3 unspecified atom stereocenters. The SMILES string of the molecule is CCC1CCC(C)N1S(=O)(=O)CC1CCCN1. The Morgan fingerprint density at radius 3 is 2.65 bits per heavy atom. The van der Waals surface area contributed by atoms with Crippen molar-refractivity contribution >= 4 is 10.0 Å². The third-order valence-corrected chi connectivity index (χ3v) is 6.20. The molecule has 0 spiro atoms. The Balaban J connectivity index is 2.07. The van der Waals surface area contributed by atoms with Gasteiger partial charge in [-0.05, 0) is 45.6 Å². The van der Waals surface area contributed by atoms with Gasteiger partial charge in [-0.2, -0.15) is 4.31 Å². The Morgan fingerprint density at radius 2 is 2.06 bits per heavy atom. The van der Waals surface area contributed by atoms with Crippen LogP contribution < -0.4 is 5.32 Å². The topological polar surface area (TPSA) is 49.4 Å². The van der Waals surface area contributed by atoms with E-state index in [4.69, 9.17) is 0 Å². The van der Waals surface area contributed by atoms with Gasteiger partial charge in [-0.1, -0.05) is 6.92 Å². The molecule has 0 aromatic carbocycles. The van der Waals surface area contributed by atoms with Gasteiger partial charge in [0, 0.05) is 18.1 Å². The number of rotatable bonds is 4. The summed E-state index contributed by atoms with van der Waals surface area (Å²) in [7, 11) is -3.08. The molecule has 100 valence electrons. The Bertz CT molecular complexity index is 350. The van der Waals surface area contributed by atoms with Crippen molar-refractivity contribution in [3.8, 4) is 0 Å². The lowest BCUT2D eigenvalue weighted by molar-refractivity contribution is 0.327. The minimum Gasteiger partial charge on any atom is -0.313 e. The van der Waals surface area contributed by atoms with Gasteiger partial charge in [-0.3, -0.25) is 0 Å². The van der Waals surface area contributed by atoms with E-state index >= 15 is 0 Å². The van der Waals surface area contributed by atoms with Crippen molar-refractivity contribution in [1.82, 2.24) is 9.62 Å². The van der Waals surface area contributed by atoms with Crippen LogP contribution in [0.25, 0.3) is 0 Å². The zero-order valence-electron chi connectivity index (χ0n) is 10.9. The zero-order valence-corrected chi connectivity index (χ0v) is 11.7. The number of nitrogens with one attached hydrogen (secondary N) is 1. The van der Waals surface area contributed by atoms with Crippen LogP contribution in [0.5, 0.6) is 0 Å². The molecule has 1 N–H and O–H groups in total. The highest BCUT2D eigenvalue weighted by Gasteiger charge is 2.39. The first-order valence-corrected chi connectivity index (χ1v) is 8.40. The molecule has 0 saturated carbocycles. The zero-order chi connectivity index (χ0) is 12.5. The number of sulfonamides is 1. The number of hydrogen-bond donors (Lipinski definition) is 1. The quantitative estimate of drug-likeness (QED) is 0.829. The van der Waals surface area contributed by atoms with Crippen LogP contribution in [0.4, 0.5) is 0 Å². The standard InChI is InChI=1S/C12H24N2O2S/c1-3-12-7-6-10(2)14(12)17(15,16)9-11-5-4-8-13-11/h10-13H,3-9H2,1-2H3. The first-order valence-electron chi connectivity index (χ1n) is 6.79. The first-order chi connectivity index (χ1) is 8.04. The van der Waals surface area contributed by atoms with Crippen molar-refractivity contribution in [2.24, 2.45) is 0 Å². The van der Waals surface area contributed by atoms with Gasteiger partial charge in [0.1, 0.15) is 0 Å². The average molecular weight is 260 g/mol. The lowest BCUT2D eigenvalue weighted by Gasteiger charge is -2.28. The molecule has 0 aromatic rings. The summed E-state index contributed by atoms with van der Waals surface area (Å²) in [5.41, 5.74) is 0. The summed E-state index contributed by atoms with van der Waals surface area (Å²) >= 11 is 0. The molecule has 17 heavy (non-hydrogen) atoms. The highest BCUT2D eigenvalue weighted by Crippen LogP contribution is 2.29. The van der Waals surface area contributed by atoms with Crippen molar-refractivity contribution in [2.75, 3.05) is 12.3 Å². The second kappa shape index (κ2) is 5.24. The molecular weight excluding hydrogens is 236 g/mol. The highest BCUT2D eigenvalue weighted by atomic mass is 32.2. The van der Waals surface area contributed by atoms with Gasteiger partial charge in [0.2, 0.25) is 10.0 Å². The normalized spacial score (nSPS) is 35.5. The molecule has 0 amide bonds. The van der Waals surface area contributed by atoms with Gasteiger partial charge in [-0.25, -0.2) is 8.42 Å². The Kier molecular flexibility index (Phi) is 4.10. The average Bonchev–Trinajstić information content (AvgIpc) is 2.86. The summed E-state index contributed by atoms with van der Waals surface area (Å²) in [5, 5.41) is 3.28. The summed E-state index contributed by atoms with van der Waals surface area (Å²) in [6.45, 7) is 5.08. The molecule has 2 heterocycles. The predicted molar refractivity (Wildman–Crippen MR) is 69.4 cm³/mol. The highest BCUT2D eigenvalue weighted by molar-refractivity contribution is 7.89. The molecule has 5 heteroatoms. The monoisotopic (exact) mass is 260 g/mol. The van der Waals surface area contributed by atoms with E-state index in [9.17, 15) is 8.42 Å². The summed E-state index contributed by atoms with van der Waals surface area (Å²) in [5.74, 6) is 0.286. The Morgan fingerprint density at radius 1 is 1.29 bits per heavy atom. The van der Waals surface area contributed by atoms with Crippen LogP contribution in [-0.4, -0.2) is 43.1 Å². The van der Waals surface area contributed by atoms with Crippen molar-refractivity contribution in [2.45, 2.75) is 64.1 Å². The molecule has 2 fully saturated rings. The van der Waals surface area contributed by atoms with Crippen LogP contribution in [0.1, 0.15) is 46.0 Å². The fraction of sp³-hybridized carbons (Fsp3) is 1.00. The molecule has 4 nitrogen and oxygen atoms in total. The second-order valence-corrected chi connectivity index (χ2v) is 7.31. The molecule has 2 rings (SSSR count). The van der Waals surface area contributed by atoms with E-state index in [-0.39, 0.29) is 23.9 Å². The maximum atomic E-state index is 12.5. The number of nitrogens with zero attached hydrogens (tertiary/aromatic N) is 1. The molecule has 2 aliphatic heterocycles. The lowest BCUT2D eigenvalue weighted by Crippen LogP contribution is -2.44. The van der Waals surface area contributed by atoms with Gasteiger partial charge in [-0.15, -0.1) is 0 Å². The van der Waals surface area contributed by atoms with Gasteiger partial charge >= 0.3 is 0 Å². The lowest BCUT2D eigenvalue weighted by atomic mass is 10.2. The molecule has 0 bridgehead atoms. The predicted octanol–water partition coefficient (Wildman–Crippen LogP) is 1.33. The summed E-state index contributed by atoms with van der Waals surface area (Å²) in [6, 6.07) is 0.591. The van der Waals surface area contributed by atoms with E-state index in [0.717, 1.165) is 38.6 Å². The Labute approximate surface area is 105 Å². The smallest absolute Gasteiger partial charge is 0.216 e. The van der Waals surface area contributed by atoms with Crippen LogP contribution in [-0.2, 0) is 10.0 Å². The third kappa shape index (κ3) is 2.83. The van der Waals surface area contributed by atoms with Crippen LogP contribution in [0.15, 0.2) is 0 Å². The molecule has 0 aromatic heterocycles. The van der Waals surface area contributed by atoms with E-state index in [1.54, 1.807) is 4.31 Å². The van der Waals surface area contributed by atoms with Crippen molar-refractivity contribution in [3.63, 3.8) is 0 Å². The maximum Gasteiger partial charge on any atom is 0.216 e. The van der Waals surface area contributed by atoms with Crippen molar-refractivity contribution in [1.29, 1.82) is 0 Å². The largest absolute Gasteiger partial charge is 0.313 e. The van der Waals surface area contributed by atoms with Gasteiger partial charge in [0.25, 0.3) is 0 Å². The molecular formula is C12H24N2O2S. The maximum absolute atomic E-state index is 12.5. The van der Waals surface area contributed by atoms with E-state index in [2.05, 4.69) is 12.2 Å². The Hall–Kier alpha value is -0.130. The fourth-order valence-electron chi connectivity index (χ4n) is 3.17. The van der Waals surface area contributed by atoms with Gasteiger partial charge < -0.3 is 5.32 Å². The van der Waals surface area contributed by atoms with Crippen LogP contribution in [0.3, 0.4) is 0 Å². The van der Waals surface area contributed by atoms with Crippen LogP contribution in [0, 0.1) is 0 Å². The minimum atomic E-state index is -3.08. The van der Waals surface area contributed by atoms with E-state index in [1.165, 1.54) is 0 Å². The fourth-order valence-corrected chi connectivity index (χ4v) is 5.50. The third-order valence-electron chi connectivity index (χ3n) is 4.08. The van der Waals surface area contributed by atoms with E-state index < -0.39 is 10.0 Å². The summed E-state index contributed by atoms with van der Waals surface area (Å²) in [4.78, 5) is 0. The van der Waals surface area contributed by atoms with E-state index in [0.29, 0.717) is 0 Å². The van der Waals surface area contributed by atoms with Crippen molar-refractivity contribution < 1.29 is 8.42 Å². The molecule has 0 radical (unpaired) electrons. The number of hydrogen-bond acceptors (Lipinski definition) is 3. The minimum absolute atomic E-state index is 0.172.